The molecule has 2 saturated heterocycles. The third-order valence-corrected chi connectivity index (χ3v) is 11.6. The van der Waals surface area contributed by atoms with Gasteiger partial charge in [-0.1, -0.05) is 44.2 Å². The van der Waals surface area contributed by atoms with Crippen LogP contribution < -0.4 is 38.9 Å². The first kappa shape index (κ1) is 56.6. The van der Waals surface area contributed by atoms with E-state index in [0.29, 0.717) is 6.42 Å². The number of aliphatic hydroxyl groups excluding tert-OH is 8. The third-order valence-electron chi connectivity index (χ3n) is 11.6. The molecule has 0 radical (unpaired) electrons. The van der Waals surface area contributed by atoms with Crippen LogP contribution in [0.3, 0.4) is 0 Å². The van der Waals surface area contributed by atoms with Gasteiger partial charge in [-0.3, -0.25) is 19.4 Å². The van der Waals surface area contributed by atoms with E-state index in [1.165, 1.54) is 18.6 Å². The van der Waals surface area contributed by atoms with Crippen molar-refractivity contribution in [1.29, 1.82) is 0 Å². The van der Waals surface area contributed by atoms with Crippen LogP contribution in [0.5, 0.6) is 0 Å². The Morgan fingerprint density at radius 2 is 1.49 bits per heavy atom. The summed E-state index contributed by atoms with van der Waals surface area (Å²) in [5.41, 5.74) is 24.0. The van der Waals surface area contributed by atoms with Gasteiger partial charge in [-0.2, -0.15) is 0 Å². The Hall–Kier alpha value is -3.95. The summed E-state index contributed by atoms with van der Waals surface area (Å²) in [7, 11) is -1.69. The fraction of sp³-hybridized carbons (Fsp3) is 0.683. The van der Waals surface area contributed by atoms with E-state index in [0.717, 1.165) is 5.56 Å². The van der Waals surface area contributed by atoms with Crippen molar-refractivity contribution >= 4 is 24.8 Å². The smallest absolute Gasteiger partial charge is 0.426 e. The normalized spacial score (nSPS) is 33.0. The number of hydrogen-bond donors (Lipinski definition) is 17. The number of rotatable bonds is 19. The van der Waals surface area contributed by atoms with E-state index in [4.69, 9.17) is 41.9 Å². The molecule has 21 N–H and O–H groups in total. The zero-order valence-electron chi connectivity index (χ0n) is 37.6. The van der Waals surface area contributed by atoms with Crippen LogP contribution in [0.15, 0.2) is 48.9 Å². The number of hydrogen-bond acceptors (Lipinski definition) is 23. The van der Waals surface area contributed by atoms with Gasteiger partial charge in [0.15, 0.2) is 12.6 Å². The molecule has 68 heavy (non-hydrogen) atoms. The zero-order chi connectivity index (χ0) is 50.4. The summed E-state index contributed by atoms with van der Waals surface area (Å²) in [5.74, 6) is -2.57. The Morgan fingerprint density at radius 1 is 0.838 bits per heavy atom. The van der Waals surface area contributed by atoms with Crippen molar-refractivity contribution in [2.75, 3.05) is 19.7 Å². The van der Waals surface area contributed by atoms with Gasteiger partial charge in [0.25, 0.3) is 5.91 Å². The lowest BCUT2D eigenvalue weighted by Crippen LogP contribution is -2.69. The molecule has 3 aliphatic rings. The molecule has 2 aromatic rings. The molecule has 3 amide bonds. The second-order valence-corrected chi connectivity index (χ2v) is 17.3. The molecule has 26 nitrogen and oxygen atoms in total. The van der Waals surface area contributed by atoms with Crippen LogP contribution in [-0.4, -0.2) is 215 Å². The number of nitrogens with two attached hydrogens (primary N) is 4. The van der Waals surface area contributed by atoms with Gasteiger partial charge in [-0.05, 0) is 37.3 Å². The molecule has 1 aromatic heterocycles. The predicted octanol–water partition coefficient (Wildman–Crippen LogP) is -8.06. The number of nitrogens with zero attached hydrogens (tertiary/aromatic N) is 2. The van der Waals surface area contributed by atoms with Gasteiger partial charge in [0, 0.05) is 31.4 Å². The Balaban J connectivity index is 0.000000316. The number of aromatic nitrogens is 2. The largest absolute Gasteiger partial charge is 0.475 e. The van der Waals surface area contributed by atoms with Crippen LogP contribution in [0.25, 0.3) is 0 Å². The highest BCUT2D eigenvalue weighted by atomic mass is 16.7. The lowest BCUT2D eigenvalue weighted by molar-refractivity contribution is -0.332. The van der Waals surface area contributed by atoms with E-state index < -0.39 is 141 Å². The summed E-state index contributed by atoms with van der Waals surface area (Å²) in [6.07, 6.45) is -15.0. The van der Waals surface area contributed by atoms with Crippen LogP contribution >= 0.6 is 0 Å². The summed E-state index contributed by atoms with van der Waals surface area (Å²) >= 11 is 0. The van der Waals surface area contributed by atoms with Crippen molar-refractivity contribution in [3.63, 3.8) is 0 Å². The van der Waals surface area contributed by atoms with E-state index in [-0.39, 0.29) is 44.0 Å². The second kappa shape index (κ2) is 26.9. The van der Waals surface area contributed by atoms with Gasteiger partial charge < -0.3 is 109 Å². The molecule has 1 saturated carbocycles. The molecule has 27 heteroatoms. The summed E-state index contributed by atoms with van der Waals surface area (Å²) in [6.45, 7) is 2.93. The minimum atomic E-state index is -1.76. The summed E-state index contributed by atoms with van der Waals surface area (Å²) in [4.78, 5) is 45.7. The topological polar surface area (TPSA) is 456 Å². The number of carbonyl (C=O) groups is 3. The molecule has 1 aliphatic carbocycles. The third kappa shape index (κ3) is 15.3. The van der Waals surface area contributed by atoms with Crippen molar-refractivity contribution in [1.82, 2.24) is 25.9 Å². The number of aliphatic hydroxyl groups is 8. The average Bonchev–Trinajstić information content (AvgIpc) is 3.31. The van der Waals surface area contributed by atoms with Gasteiger partial charge in [0.2, 0.25) is 11.8 Å². The quantitative estimate of drug-likeness (QED) is 0.0581. The van der Waals surface area contributed by atoms with Crippen molar-refractivity contribution in [2.24, 2.45) is 28.9 Å². The fourth-order valence-corrected chi connectivity index (χ4v) is 7.82. The maximum absolute atomic E-state index is 12.8. The maximum Gasteiger partial charge on any atom is 0.475 e. The molecule has 0 unspecified atom stereocenters. The van der Waals surface area contributed by atoms with Crippen LogP contribution in [0.2, 0.25) is 0 Å². The molecule has 3 fully saturated rings. The lowest BCUT2D eigenvalue weighted by Gasteiger charge is -2.49. The van der Waals surface area contributed by atoms with Gasteiger partial charge in [-0.25, -0.2) is 4.98 Å². The molecular formula is C41H68BN9O17. The summed E-state index contributed by atoms with van der Waals surface area (Å²) in [5, 5.41) is 109. The van der Waals surface area contributed by atoms with E-state index in [9.17, 15) is 65.3 Å². The van der Waals surface area contributed by atoms with Gasteiger partial charge in [-0.15, -0.1) is 0 Å². The first-order chi connectivity index (χ1) is 32.2. The van der Waals surface area contributed by atoms with Crippen molar-refractivity contribution in [3.05, 3.63) is 60.2 Å². The van der Waals surface area contributed by atoms with E-state index >= 15 is 0 Å². The number of benzene rings is 1. The number of amides is 3. The molecule has 3 heterocycles. The Morgan fingerprint density at radius 3 is 2.07 bits per heavy atom. The maximum atomic E-state index is 12.8. The summed E-state index contributed by atoms with van der Waals surface area (Å²) < 4.78 is 22.5. The highest BCUT2D eigenvalue weighted by molar-refractivity contribution is 6.43. The number of nitrogens with one attached hydrogen (secondary N) is 3. The van der Waals surface area contributed by atoms with E-state index in [1.54, 1.807) is 0 Å². The monoisotopic (exact) mass is 969 g/mol. The Labute approximate surface area is 392 Å². The fourth-order valence-electron chi connectivity index (χ4n) is 7.82. The van der Waals surface area contributed by atoms with Crippen LogP contribution in [0.4, 0.5) is 0 Å². The van der Waals surface area contributed by atoms with Crippen LogP contribution in [0.1, 0.15) is 49.2 Å². The number of carbonyl (C=O) groups excluding carboxylic acids is 3. The summed E-state index contributed by atoms with van der Waals surface area (Å²) in [6, 6.07) is 4.87. The highest BCUT2D eigenvalue weighted by Crippen LogP contribution is 2.32. The van der Waals surface area contributed by atoms with Crippen molar-refractivity contribution in [2.45, 2.75) is 149 Å². The molecule has 0 bridgehead atoms. The molecule has 18 atom stereocenters. The van der Waals surface area contributed by atoms with Crippen molar-refractivity contribution < 1.29 is 84.2 Å². The molecule has 382 valence electrons. The van der Waals surface area contributed by atoms with Crippen LogP contribution in [0, 0.1) is 5.92 Å². The first-order valence-corrected chi connectivity index (χ1v) is 22.2. The Kier molecular flexibility index (Phi) is 22.4. The Bertz CT molecular complexity index is 1840. The van der Waals surface area contributed by atoms with E-state index in [2.05, 4.69) is 25.9 Å². The standard InChI is InChI=1S/C22H43N5O13.C19H25BN4O4/c23-2-1-8(29)20(36)27-7-3-6(25)18(39-22-16(34)15(33)13(31)9(4-24)37-22)17(35)19(7)40-21-14(32)11(26)12(30)10(5-28)38-21;1-13(2)10-17(20(27)28)24-18(25)15(11-14-6-4-3-5-7-14)23-19(26)16-12-21-8-9-22-16/h6-19,21-22,28-35H,1-5,23-26H2,(H,27,36);3-9,12-13,15,17,27-28H,10-11H2,1-2H3,(H,23,26)(H,24,25)/t6-,7+,8-,9+,10+,11-,12+,13+,14+,15-,16+,17-,18+,19-,21+,22+;15-,17-/m00/s1. The predicted molar refractivity (Wildman–Crippen MR) is 236 cm³/mol. The minimum absolute atomic E-state index is 0.0101. The first-order valence-electron chi connectivity index (χ1n) is 22.2. The van der Waals surface area contributed by atoms with Gasteiger partial charge in [0.1, 0.15) is 78.9 Å². The molecule has 0 spiro atoms. The molecule has 1 aromatic carbocycles. The minimum Gasteiger partial charge on any atom is -0.426 e. The highest BCUT2D eigenvalue weighted by Gasteiger charge is 2.52. The lowest BCUT2D eigenvalue weighted by atomic mass is 9.75. The van der Waals surface area contributed by atoms with Crippen LogP contribution in [-0.2, 0) is 35.0 Å². The molecule has 2 aliphatic heterocycles. The molecule has 5 rings (SSSR count). The van der Waals surface area contributed by atoms with E-state index in [1.807, 2.05) is 44.2 Å². The molecular weight excluding hydrogens is 901 g/mol. The van der Waals surface area contributed by atoms with Gasteiger partial charge >= 0.3 is 7.12 Å². The average molecular weight is 970 g/mol. The van der Waals surface area contributed by atoms with Gasteiger partial charge in [0.05, 0.1) is 30.8 Å². The number of ether oxygens (including phenoxy) is 4. The zero-order valence-corrected chi connectivity index (χ0v) is 37.6. The SMILES string of the molecule is CC(C)C[C@H](NC(=O)[C@H](Cc1ccccc1)NC(=O)c1cnccn1)B(O)O.NCC[C@H](O)C(=O)N[C@@H]1C[C@H](N)[C@@H](O[C@H]2O[C@H](CN)[C@@H](O)[C@H](O)[C@H]2O)[C@H](O)[C@H]1O[C@H]1O[C@H](CO)[C@@H](O)[C@H](N)[C@H]1O. The van der Waals surface area contributed by atoms with Crippen molar-refractivity contribution in [3.8, 4) is 0 Å². The second-order valence-electron chi connectivity index (χ2n) is 17.3.